The third-order valence-electron chi connectivity index (χ3n) is 2.95. The maximum absolute atomic E-state index is 12.2. The summed E-state index contributed by atoms with van der Waals surface area (Å²) in [5.41, 5.74) is 9.08. The predicted octanol–water partition coefficient (Wildman–Crippen LogP) is 2.02. The van der Waals surface area contributed by atoms with Crippen molar-refractivity contribution in [1.82, 2.24) is 4.90 Å². The molecule has 5 nitrogen and oxygen atoms in total. The molecule has 1 fully saturated rings. The molecule has 1 saturated heterocycles. The van der Waals surface area contributed by atoms with Crippen LogP contribution in [0.1, 0.15) is 12.8 Å². The number of halogens is 1. The van der Waals surface area contributed by atoms with E-state index in [1.165, 1.54) is 0 Å². The van der Waals surface area contributed by atoms with Crippen molar-refractivity contribution in [1.29, 1.82) is 0 Å². The third kappa shape index (κ3) is 3.68. The Morgan fingerprint density at radius 2 is 2.10 bits per heavy atom. The van der Waals surface area contributed by atoms with E-state index in [1.54, 1.807) is 29.2 Å². The van der Waals surface area contributed by atoms with Gasteiger partial charge in [-0.2, -0.15) is 5.10 Å². The zero-order valence-electron chi connectivity index (χ0n) is 10.8. The Labute approximate surface area is 127 Å². The first kappa shape index (κ1) is 14.7. The number of hydrogen-bond acceptors (Lipinski definition) is 4. The van der Waals surface area contributed by atoms with Gasteiger partial charge in [0, 0.05) is 18.1 Å². The van der Waals surface area contributed by atoms with Gasteiger partial charge in [-0.25, -0.2) is 0 Å². The van der Waals surface area contributed by atoms with Crippen LogP contribution >= 0.6 is 23.8 Å². The highest BCUT2D eigenvalue weighted by Crippen LogP contribution is 2.15. The summed E-state index contributed by atoms with van der Waals surface area (Å²) in [6, 6.07) is 7.01. The van der Waals surface area contributed by atoms with E-state index in [1.807, 2.05) is 0 Å². The molecule has 1 aromatic rings. The maximum Gasteiger partial charge on any atom is 0.277 e. The predicted molar refractivity (Wildman–Crippen MR) is 85.1 cm³/mol. The monoisotopic (exact) mass is 310 g/mol. The van der Waals surface area contributed by atoms with Crippen LogP contribution in [0.15, 0.2) is 29.4 Å². The largest absolute Gasteiger partial charge is 0.388 e. The number of hydrogen-bond donors (Lipinski definition) is 2. The fourth-order valence-electron chi connectivity index (χ4n) is 1.96. The molecule has 2 rings (SSSR count). The first-order valence-corrected chi connectivity index (χ1v) is 7.05. The second kappa shape index (κ2) is 6.67. The molecule has 0 aromatic heterocycles. The summed E-state index contributed by atoms with van der Waals surface area (Å²) in [4.78, 5) is 13.9. The summed E-state index contributed by atoms with van der Waals surface area (Å²) in [5, 5.41) is 4.61. The maximum atomic E-state index is 12.2. The quantitative estimate of drug-likeness (QED) is 0.507. The van der Waals surface area contributed by atoms with Gasteiger partial charge >= 0.3 is 0 Å². The fourth-order valence-corrected chi connectivity index (χ4v) is 2.28. The van der Waals surface area contributed by atoms with Gasteiger partial charge in [-0.05, 0) is 31.0 Å². The van der Waals surface area contributed by atoms with E-state index < -0.39 is 0 Å². The first-order chi connectivity index (χ1) is 9.58. The van der Waals surface area contributed by atoms with Gasteiger partial charge in [-0.1, -0.05) is 29.9 Å². The molecule has 1 heterocycles. The minimum Gasteiger partial charge on any atom is -0.388 e. The molecule has 0 spiro atoms. The lowest BCUT2D eigenvalue weighted by Crippen LogP contribution is -2.40. The Morgan fingerprint density at radius 1 is 1.40 bits per heavy atom. The lowest BCUT2D eigenvalue weighted by Gasteiger charge is -2.16. The summed E-state index contributed by atoms with van der Waals surface area (Å²) in [6.45, 7) is 1.44. The second-order valence-corrected chi connectivity index (χ2v) is 5.32. The normalized spacial score (nSPS) is 15.2. The van der Waals surface area contributed by atoms with Gasteiger partial charge in [0.25, 0.3) is 5.91 Å². The van der Waals surface area contributed by atoms with Crippen molar-refractivity contribution >= 4 is 46.1 Å². The van der Waals surface area contributed by atoms with Crippen LogP contribution in [-0.2, 0) is 4.79 Å². The molecule has 0 saturated carbocycles. The molecule has 1 aliphatic rings. The van der Waals surface area contributed by atoms with E-state index >= 15 is 0 Å². The Morgan fingerprint density at radius 3 is 2.70 bits per heavy atom. The van der Waals surface area contributed by atoms with Crippen LogP contribution in [0.3, 0.4) is 0 Å². The molecule has 0 radical (unpaired) electrons. The number of amides is 1. The second-order valence-electron chi connectivity index (χ2n) is 4.45. The van der Waals surface area contributed by atoms with Crippen molar-refractivity contribution < 1.29 is 4.79 Å². The van der Waals surface area contributed by atoms with Crippen molar-refractivity contribution in [2.45, 2.75) is 12.8 Å². The van der Waals surface area contributed by atoms with Crippen LogP contribution in [-0.4, -0.2) is 34.6 Å². The molecule has 1 amide bonds. The number of nitrogens with one attached hydrogen (secondary N) is 1. The zero-order chi connectivity index (χ0) is 14.5. The number of nitrogens with two attached hydrogens (primary N) is 1. The molecule has 3 N–H and O–H groups in total. The van der Waals surface area contributed by atoms with Crippen LogP contribution < -0.4 is 11.2 Å². The summed E-state index contributed by atoms with van der Waals surface area (Å²) in [5.74, 6) is -0.232. The first-order valence-electron chi connectivity index (χ1n) is 6.26. The Kier molecular flexibility index (Phi) is 4.92. The van der Waals surface area contributed by atoms with Crippen LogP contribution in [0.2, 0.25) is 5.02 Å². The summed E-state index contributed by atoms with van der Waals surface area (Å²) >= 11 is 10.8. The van der Waals surface area contributed by atoms with Gasteiger partial charge in [0.15, 0.2) is 5.71 Å². The van der Waals surface area contributed by atoms with Crippen LogP contribution in [0.25, 0.3) is 0 Å². The molecule has 20 heavy (non-hydrogen) atoms. The SMILES string of the molecule is NC(=S)C(=NNc1cccc(Cl)c1)C(=O)N1CCCC1. The molecular weight excluding hydrogens is 296 g/mol. The molecule has 0 atom stereocenters. The van der Waals surface area contributed by atoms with Crippen molar-refractivity contribution in [3.05, 3.63) is 29.3 Å². The van der Waals surface area contributed by atoms with Gasteiger partial charge in [0.1, 0.15) is 4.99 Å². The molecule has 7 heteroatoms. The van der Waals surface area contributed by atoms with Crippen molar-refractivity contribution in [3.8, 4) is 0 Å². The highest BCUT2D eigenvalue weighted by atomic mass is 35.5. The highest BCUT2D eigenvalue weighted by molar-refractivity contribution is 7.82. The average molecular weight is 311 g/mol. The van der Waals surface area contributed by atoms with Gasteiger partial charge in [-0.15, -0.1) is 0 Å². The van der Waals surface area contributed by atoms with Crippen molar-refractivity contribution in [2.24, 2.45) is 10.8 Å². The molecule has 0 unspecified atom stereocenters. The summed E-state index contributed by atoms with van der Waals surface area (Å²) < 4.78 is 0. The highest BCUT2D eigenvalue weighted by Gasteiger charge is 2.24. The number of carbonyl (C=O) groups is 1. The molecular formula is C13H15ClN4OS. The number of anilines is 1. The topological polar surface area (TPSA) is 70.7 Å². The minimum atomic E-state index is -0.232. The summed E-state index contributed by atoms with van der Waals surface area (Å²) in [7, 11) is 0. The van der Waals surface area contributed by atoms with E-state index in [2.05, 4.69) is 10.5 Å². The minimum absolute atomic E-state index is 0.0172. The van der Waals surface area contributed by atoms with E-state index in [4.69, 9.17) is 29.6 Å². The van der Waals surface area contributed by atoms with E-state index in [0.717, 1.165) is 25.9 Å². The molecule has 0 bridgehead atoms. The average Bonchev–Trinajstić information content (AvgIpc) is 2.92. The lowest BCUT2D eigenvalue weighted by atomic mass is 10.3. The number of thiocarbonyl (C=S) groups is 1. The van der Waals surface area contributed by atoms with E-state index in [-0.39, 0.29) is 16.6 Å². The van der Waals surface area contributed by atoms with Gasteiger partial charge in [0.05, 0.1) is 5.69 Å². The third-order valence-corrected chi connectivity index (χ3v) is 3.38. The Balaban J connectivity index is 2.13. The number of hydrazone groups is 1. The number of likely N-dealkylation sites (tertiary alicyclic amines) is 1. The Bertz CT molecular complexity index is 555. The van der Waals surface area contributed by atoms with E-state index in [9.17, 15) is 4.79 Å². The summed E-state index contributed by atoms with van der Waals surface area (Å²) in [6.07, 6.45) is 2.00. The number of rotatable bonds is 4. The Hall–Kier alpha value is -1.66. The van der Waals surface area contributed by atoms with Crippen molar-refractivity contribution in [2.75, 3.05) is 18.5 Å². The van der Waals surface area contributed by atoms with Crippen LogP contribution in [0, 0.1) is 0 Å². The van der Waals surface area contributed by atoms with Crippen LogP contribution in [0.5, 0.6) is 0 Å². The van der Waals surface area contributed by atoms with E-state index in [0.29, 0.717) is 10.7 Å². The number of benzene rings is 1. The molecule has 1 aromatic carbocycles. The van der Waals surface area contributed by atoms with Gasteiger partial charge in [0.2, 0.25) is 0 Å². The molecule has 0 aliphatic carbocycles. The molecule has 106 valence electrons. The smallest absolute Gasteiger partial charge is 0.277 e. The number of carbonyl (C=O) groups excluding carboxylic acids is 1. The zero-order valence-corrected chi connectivity index (χ0v) is 12.4. The standard InChI is InChI=1S/C13H15ClN4OS/c14-9-4-3-5-10(8-9)16-17-11(12(15)20)13(19)18-6-1-2-7-18/h3-5,8,16H,1-2,6-7H2,(H2,15,20). The van der Waals surface area contributed by atoms with Crippen molar-refractivity contribution in [3.63, 3.8) is 0 Å². The lowest BCUT2D eigenvalue weighted by molar-refractivity contribution is -0.122. The number of nitrogens with zero attached hydrogens (tertiary/aromatic N) is 2. The molecule has 1 aliphatic heterocycles. The van der Waals surface area contributed by atoms with Crippen LogP contribution in [0.4, 0.5) is 5.69 Å². The van der Waals surface area contributed by atoms with Gasteiger partial charge in [-0.3, -0.25) is 10.2 Å². The fraction of sp³-hybridized carbons (Fsp3) is 0.308. The van der Waals surface area contributed by atoms with Gasteiger partial charge < -0.3 is 10.6 Å².